The van der Waals surface area contributed by atoms with E-state index >= 15 is 0 Å². The van der Waals surface area contributed by atoms with Crippen LogP contribution < -0.4 is 10.2 Å². The number of carbonyl (C=O) groups is 2. The topological polar surface area (TPSA) is 52.7 Å². The largest absolute Gasteiger partial charge is 0.325 e. The molecule has 2 aromatic carbocycles. The third-order valence-electron chi connectivity index (χ3n) is 3.77. The van der Waals surface area contributed by atoms with Crippen LogP contribution >= 0.6 is 15.9 Å². The van der Waals surface area contributed by atoms with Gasteiger partial charge in [-0.1, -0.05) is 15.9 Å². The lowest BCUT2D eigenvalue weighted by Gasteiger charge is -2.18. The molecule has 1 aliphatic rings. The number of nitrogens with zero attached hydrogens (tertiary/aromatic N) is 2. The Morgan fingerprint density at radius 2 is 1.80 bits per heavy atom. The fraction of sp³-hybridized carbons (Fsp3) is 0.176. The second-order valence-electron chi connectivity index (χ2n) is 5.51. The van der Waals surface area contributed by atoms with Gasteiger partial charge in [-0.2, -0.15) is 0 Å². The summed E-state index contributed by atoms with van der Waals surface area (Å²) in [5, 5.41) is 2.71. The molecule has 0 atom stereocenters. The molecule has 5 nitrogen and oxygen atoms in total. The zero-order valence-corrected chi connectivity index (χ0v) is 14.6. The normalized spacial score (nSPS) is 14.1. The SMILES string of the molecule is O=C(CN1CCN(c2ccc(F)c(F)c2)C1=O)Nc1ccc(Br)cc1. The molecule has 1 fully saturated rings. The van der Waals surface area contributed by atoms with Crippen molar-refractivity contribution in [3.05, 3.63) is 58.6 Å². The third-order valence-corrected chi connectivity index (χ3v) is 4.30. The van der Waals surface area contributed by atoms with E-state index in [1.165, 1.54) is 15.9 Å². The quantitative estimate of drug-likeness (QED) is 0.838. The van der Waals surface area contributed by atoms with E-state index in [-0.39, 0.29) is 18.1 Å². The number of halogens is 3. The van der Waals surface area contributed by atoms with E-state index in [2.05, 4.69) is 21.2 Å². The lowest BCUT2D eigenvalue weighted by atomic mass is 10.3. The summed E-state index contributed by atoms with van der Waals surface area (Å²) in [6.07, 6.45) is 0. The number of hydrogen-bond donors (Lipinski definition) is 1. The van der Waals surface area contributed by atoms with Crippen molar-refractivity contribution in [2.45, 2.75) is 0 Å². The highest BCUT2D eigenvalue weighted by Crippen LogP contribution is 2.22. The van der Waals surface area contributed by atoms with E-state index in [4.69, 9.17) is 0 Å². The van der Waals surface area contributed by atoms with Gasteiger partial charge in [-0.3, -0.25) is 9.69 Å². The molecule has 0 radical (unpaired) electrons. The van der Waals surface area contributed by atoms with Gasteiger partial charge in [0.25, 0.3) is 0 Å². The van der Waals surface area contributed by atoms with E-state index in [9.17, 15) is 18.4 Å². The summed E-state index contributed by atoms with van der Waals surface area (Å²) < 4.78 is 27.3. The number of hydrogen-bond acceptors (Lipinski definition) is 2. The van der Waals surface area contributed by atoms with Crippen LogP contribution in [0.3, 0.4) is 0 Å². The van der Waals surface area contributed by atoms with Gasteiger partial charge in [-0.05, 0) is 36.4 Å². The molecule has 0 saturated carbocycles. The first-order valence-corrected chi connectivity index (χ1v) is 8.30. The molecule has 0 spiro atoms. The Morgan fingerprint density at radius 1 is 1.08 bits per heavy atom. The lowest BCUT2D eigenvalue weighted by Crippen LogP contribution is -2.37. The molecular formula is C17H14BrF2N3O2. The number of amides is 3. The van der Waals surface area contributed by atoms with Gasteiger partial charge in [-0.25, -0.2) is 13.6 Å². The highest BCUT2D eigenvalue weighted by Gasteiger charge is 2.31. The average Bonchev–Trinajstić information content (AvgIpc) is 2.93. The molecule has 0 unspecified atom stereocenters. The Balaban J connectivity index is 1.62. The van der Waals surface area contributed by atoms with Crippen LogP contribution in [0.15, 0.2) is 46.9 Å². The van der Waals surface area contributed by atoms with E-state index < -0.39 is 17.7 Å². The van der Waals surface area contributed by atoms with Crippen molar-refractivity contribution >= 4 is 39.2 Å². The van der Waals surface area contributed by atoms with Crippen LogP contribution in [0, 0.1) is 11.6 Å². The Morgan fingerprint density at radius 3 is 2.48 bits per heavy atom. The zero-order chi connectivity index (χ0) is 18.0. The minimum Gasteiger partial charge on any atom is -0.325 e. The van der Waals surface area contributed by atoms with Crippen molar-refractivity contribution in [3.63, 3.8) is 0 Å². The van der Waals surface area contributed by atoms with Crippen LogP contribution in [0.1, 0.15) is 0 Å². The molecular weight excluding hydrogens is 396 g/mol. The predicted molar refractivity (Wildman–Crippen MR) is 93.4 cm³/mol. The second kappa shape index (κ2) is 7.18. The third kappa shape index (κ3) is 3.96. The predicted octanol–water partition coefficient (Wildman–Crippen LogP) is 3.61. The molecule has 1 aliphatic heterocycles. The molecule has 1 N–H and O–H groups in total. The van der Waals surface area contributed by atoms with Crippen LogP contribution in [0.5, 0.6) is 0 Å². The van der Waals surface area contributed by atoms with Gasteiger partial charge in [0.15, 0.2) is 11.6 Å². The van der Waals surface area contributed by atoms with E-state index in [1.54, 1.807) is 24.3 Å². The van der Waals surface area contributed by atoms with Crippen molar-refractivity contribution in [1.82, 2.24) is 4.90 Å². The maximum atomic E-state index is 13.3. The molecule has 8 heteroatoms. The minimum atomic E-state index is -1.02. The highest BCUT2D eigenvalue weighted by molar-refractivity contribution is 9.10. The maximum absolute atomic E-state index is 13.3. The average molecular weight is 410 g/mol. The number of nitrogens with one attached hydrogen (secondary N) is 1. The monoisotopic (exact) mass is 409 g/mol. The minimum absolute atomic E-state index is 0.116. The number of benzene rings is 2. The van der Waals surface area contributed by atoms with Gasteiger partial charge < -0.3 is 10.2 Å². The first-order valence-electron chi connectivity index (χ1n) is 7.51. The summed E-state index contributed by atoms with van der Waals surface area (Å²) in [4.78, 5) is 27.2. The second-order valence-corrected chi connectivity index (χ2v) is 6.42. The van der Waals surface area contributed by atoms with Crippen molar-refractivity contribution in [3.8, 4) is 0 Å². The molecule has 130 valence electrons. The summed E-state index contributed by atoms with van der Waals surface area (Å²) in [7, 11) is 0. The molecule has 0 aromatic heterocycles. The Bertz CT molecular complexity index is 814. The van der Waals surface area contributed by atoms with Crippen molar-refractivity contribution in [2.24, 2.45) is 0 Å². The van der Waals surface area contributed by atoms with Gasteiger partial charge in [0.2, 0.25) is 5.91 Å². The summed E-state index contributed by atoms with van der Waals surface area (Å²) in [5.41, 5.74) is 0.886. The van der Waals surface area contributed by atoms with E-state index in [1.807, 2.05) is 0 Å². The molecule has 1 saturated heterocycles. The van der Waals surface area contributed by atoms with Crippen molar-refractivity contribution in [2.75, 3.05) is 29.9 Å². The number of urea groups is 1. The smallest absolute Gasteiger partial charge is 0.325 e. The van der Waals surface area contributed by atoms with Gasteiger partial charge in [0, 0.05) is 35.0 Å². The molecule has 3 rings (SSSR count). The Kier molecular flexibility index (Phi) is 4.98. The number of rotatable bonds is 4. The Hall–Kier alpha value is -2.48. The fourth-order valence-corrected chi connectivity index (χ4v) is 2.79. The highest BCUT2D eigenvalue weighted by atomic mass is 79.9. The van der Waals surface area contributed by atoms with Crippen LogP contribution in [-0.4, -0.2) is 36.5 Å². The summed E-state index contributed by atoms with van der Waals surface area (Å²) >= 11 is 3.31. The van der Waals surface area contributed by atoms with E-state index in [0.29, 0.717) is 18.8 Å². The maximum Gasteiger partial charge on any atom is 0.325 e. The summed E-state index contributed by atoms with van der Waals surface area (Å²) in [6, 6.07) is 9.92. The molecule has 0 bridgehead atoms. The summed E-state index contributed by atoms with van der Waals surface area (Å²) in [5.74, 6) is -2.32. The first-order chi connectivity index (χ1) is 11.9. The van der Waals surface area contributed by atoms with Crippen LogP contribution in [-0.2, 0) is 4.79 Å². The van der Waals surface area contributed by atoms with Gasteiger partial charge in [0.1, 0.15) is 6.54 Å². The number of carbonyl (C=O) groups excluding carboxylic acids is 2. The standard InChI is InChI=1S/C17H14BrF2N3O2/c18-11-1-3-12(4-2-11)21-16(24)10-22-7-8-23(17(22)25)13-5-6-14(19)15(20)9-13/h1-6,9H,7-8,10H2,(H,21,24). The summed E-state index contributed by atoms with van der Waals surface area (Å²) in [6.45, 7) is 0.510. The van der Waals surface area contributed by atoms with Crippen molar-refractivity contribution in [1.29, 1.82) is 0 Å². The Labute approximate surface area is 151 Å². The lowest BCUT2D eigenvalue weighted by molar-refractivity contribution is -0.116. The molecule has 0 aliphatic carbocycles. The molecule has 1 heterocycles. The zero-order valence-electron chi connectivity index (χ0n) is 13.0. The van der Waals surface area contributed by atoms with Crippen LogP contribution in [0.4, 0.5) is 25.0 Å². The van der Waals surface area contributed by atoms with Crippen LogP contribution in [0.25, 0.3) is 0 Å². The van der Waals surface area contributed by atoms with Gasteiger partial charge >= 0.3 is 6.03 Å². The van der Waals surface area contributed by atoms with Crippen molar-refractivity contribution < 1.29 is 18.4 Å². The first kappa shape index (κ1) is 17.3. The van der Waals surface area contributed by atoms with Gasteiger partial charge in [-0.15, -0.1) is 0 Å². The molecule has 25 heavy (non-hydrogen) atoms. The van der Waals surface area contributed by atoms with Crippen LogP contribution in [0.2, 0.25) is 0 Å². The molecule has 2 aromatic rings. The van der Waals surface area contributed by atoms with Gasteiger partial charge in [0.05, 0.1) is 0 Å². The molecule has 3 amide bonds. The fourth-order valence-electron chi connectivity index (χ4n) is 2.53. The van der Waals surface area contributed by atoms with E-state index in [0.717, 1.165) is 16.6 Å². The number of anilines is 2.